The zero-order valence-corrected chi connectivity index (χ0v) is 18.2. The largest absolute Gasteiger partial charge is 0.508 e. The Hall–Kier alpha value is -2.11. The van der Waals surface area contributed by atoms with Crippen LogP contribution >= 0.6 is 23.4 Å². The first kappa shape index (κ1) is 20.2. The summed E-state index contributed by atoms with van der Waals surface area (Å²) in [6.07, 6.45) is 3.31. The van der Waals surface area contributed by atoms with Gasteiger partial charge in [-0.15, -0.1) is 6.58 Å². The van der Waals surface area contributed by atoms with E-state index in [-0.39, 0.29) is 17.2 Å². The molecule has 0 radical (unpaired) electrons. The van der Waals surface area contributed by atoms with Crippen molar-refractivity contribution in [2.75, 3.05) is 5.75 Å². The van der Waals surface area contributed by atoms with E-state index < -0.39 is 5.72 Å². The maximum absolute atomic E-state index is 10.1. The molecule has 2 aromatic rings. The molecule has 0 unspecified atom stereocenters. The highest BCUT2D eigenvalue weighted by molar-refractivity contribution is 8.13. The Bertz CT molecular complexity index is 958. The molecule has 0 bridgehead atoms. The Balaban J connectivity index is 1.81. The number of aliphatic imine (C=N–C) groups is 1. The highest BCUT2D eigenvalue weighted by Crippen LogP contribution is 2.49. The highest BCUT2D eigenvalue weighted by Gasteiger charge is 2.48. The van der Waals surface area contributed by atoms with Crippen molar-refractivity contribution in [3.8, 4) is 11.5 Å². The van der Waals surface area contributed by atoms with Gasteiger partial charge in [-0.1, -0.05) is 47.6 Å². The van der Waals surface area contributed by atoms with E-state index in [0.29, 0.717) is 10.8 Å². The van der Waals surface area contributed by atoms with Crippen LogP contribution in [0.2, 0.25) is 5.02 Å². The second kappa shape index (κ2) is 7.62. The van der Waals surface area contributed by atoms with Gasteiger partial charge in [0.05, 0.1) is 0 Å². The fourth-order valence-corrected chi connectivity index (χ4v) is 5.21. The molecule has 2 aromatic carbocycles. The standard InChI is InChI=1S/C23H25ClN2O2S/c1-4-11-29-21-25-22(2,3)14-23(26-21)13-19(15-5-7-16(24)8-6-15)18-10-9-17(27)12-20(18)28-23/h4-10,12,19,27H,1,11,13-14H2,2-3H3,(H,25,26)/t19-,23-/m1/s1. The summed E-state index contributed by atoms with van der Waals surface area (Å²) in [4.78, 5) is 5.02. The van der Waals surface area contributed by atoms with E-state index in [0.717, 1.165) is 34.9 Å². The van der Waals surface area contributed by atoms with Crippen molar-refractivity contribution in [3.05, 3.63) is 71.3 Å². The number of hydrogen-bond acceptors (Lipinski definition) is 5. The smallest absolute Gasteiger partial charge is 0.206 e. The van der Waals surface area contributed by atoms with Crippen molar-refractivity contribution in [2.24, 2.45) is 4.99 Å². The van der Waals surface area contributed by atoms with Crippen LogP contribution in [-0.2, 0) is 0 Å². The number of halogens is 1. The van der Waals surface area contributed by atoms with Gasteiger partial charge in [0.1, 0.15) is 11.5 Å². The van der Waals surface area contributed by atoms with Gasteiger partial charge in [0.2, 0.25) is 5.72 Å². The van der Waals surface area contributed by atoms with Crippen molar-refractivity contribution in [3.63, 3.8) is 0 Å². The molecule has 29 heavy (non-hydrogen) atoms. The van der Waals surface area contributed by atoms with Gasteiger partial charge in [-0.2, -0.15) is 0 Å². The van der Waals surface area contributed by atoms with Gasteiger partial charge in [0, 0.05) is 46.7 Å². The first-order chi connectivity index (χ1) is 13.8. The number of phenols is 1. The number of benzene rings is 2. The molecule has 152 valence electrons. The van der Waals surface area contributed by atoms with Gasteiger partial charge in [0.25, 0.3) is 0 Å². The molecule has 0 saturated heterocycles. The molecule has 1 spiro atoms. The molecule has 2 aliphatic rings. The van der Waals surface area contributed by atoms with Gasteiger partial charge < -0.3 is 15.2 Å². The van der Waals surface area contributed by atoms with Crippen molar-refractivity contribution in [1.29, 1.82) is 0 Å². The first-order valence-electron chi connectivity index (χ1n) is 9.68. The average Bonchev–Trinajstić information content (AvgIpc) is 2.64. The lowest BCUT2D eigenvalue weighted by atomic mass is 9.78. The highest BCUT2D eigenvalue weighted by atomic mass is 35.5. The maximum atomic E-state index is 10.1. The number of aromatic hydroxyl groups is 1. The quantitative estimate of drug-likeness (QED) is 0.615. The molecule has 2 N–H and O–H groups in total. The minimum Gasteiger partial charge on any atom is -0.508 e. The number of nitrogens with one attached hydrogen (secondary N) is 1. The summed E-state index contributed by atoms with van der Waals surface area (Å²) >= 11 is 7.74. The van der Waals surface area contributed by atoms with Crippen LogP contribution in [0.25, 0.3) is 0 Å². The second-order valence-electron chi connectivity index (χ2n) is 8.28. The molecular weight excluding hydrogens is 404 g/mol. The molecule has 4 nitrogen and oxygen atoms in total. The summed E-state index contributed by atoms with van der Waals surface area (Å²) < 4.78 is 6.51. The predicted molar refractivity (Wildman–Crippen MR) is 121 cm³/mol. The molecule has 4 rings (SSSR count). The number of amidine groups is 1. The number of nitrogens with zero attached hydrogens (tertiary/aromatic N) is 1. The molecule has 2 aliphatic heterocycles. The lowest BCUT2D eigenvalue weighted by molar-refractivity contribution is 0.0134. The zero-order chi connectivity index (χ0) is 20.6. The minimum atomic E-state index is -0.705. The number of rotatable bonds is 3. The van der Waals surface area contributed by atoms with Crippen LogP contribution < -0.4 is 10.1 Å². The fraction of sp³-hybridized carbons (Fsp3) is 0.348. The molecular formula is C23H25ClN2O2S. The van der Waals surface area contributed by atoms with Crippen LogP contribution in [0, 0.1) is 0 Å². The topological polar surface area (TPSA) is 53.9 Å². The molecule has 0 amide bonds. The summed E-state index contributed by atoms with van der Waals surface area (Å²) in [6, 6.07) is 13.3. The molecule has 6 heteroatoms. The Morgan fingerprint density at radius 2 is 2.07 bits per heavy atom. The van der Waals surface area contributed by atoms with Crippen LogP contribution in [0.5, 0.6) is 11.5 Å². The minimum absolute atomic E-state index is 0.0971. The van der Waals surface area contributed by atoms with Crippen LogP contribution in [0.3, 0.4) is 0 Å². The van der Waals surface area contributed by atoms with Gasteiger partial charge in [-0.05, 0) is 37.6 Å². The summed E-state index contributed by atoms with van der Waals surface area (Å²) in [5.74, 6) is 1.75. The van der Waals surface area contributed by atoms with Gasteiger partial charge in [0.15, 0.2) is 5.17 Å². The Kier molecular flexibility index (Phi) is 5.30. The van der Waals surface area contributed by atoms with E-state index in [1.807, 2.05) is 24.3 Å². The van der Waals surface area contributed by atoms with E-state index in [9.17, 15) is 5.11 Å². The zero-order valence-electron chi connectivity index (χ0n) is 16.6. The van der Waals surface area contributed by atoms with Crippen LogP contribution in [0.4, 0.5) is 0 Å². The van der Waals surface area contributed by atoms with Crippen molar-refractivity contribution >= 4 is 28.5 Å². The predicted octanol–water partition coefficient (Wildman–Crippen LogP) is 5.70. The number of thioether (sulfide) groups is 1. The molecule has 2 atom stereocenters. The third kappa shape index (κ3) is 4.26. The molecule has 2 heterocycles. The van der Waals surface area contributed by atoms with Gasteiger partial charge >= 0.3 is 0 Å². The second-order valence-corrected chi connectivity index (χ2v) is 9.73. The van der Waals surface area contributed by atoms with E-state index in [1.54, 1.807) is 23.9 Å². The van der Waals surface area contributed by atoms with Crippen molar-refractivity contribution in [1.82, 2.24) is 5.32 Å². The molecule has 0 aliphatic carbocycles. The lowest BCUT2D eigenvalue weighted by Crippen LogP contribution is -2.57. The molecule has 0 saturated carbocycles. The summed E-state index contributed by atoms with van der Waals surface area (Å²) in [6.45, 7) is 8.14. The Morgan fingerprint density at radius 1 is 1.31 bits per heavy atom. The SMILES string of the molecule is C=CCSC1=N[C@@]2(C[C@H](c3ccc(Cl)cc3)c3ccc(O)cc3O2)CC(C)(C)N1. The van der Waals surface area contributed by atoms with E-state index in [4.69, 9.17) is 21.3 Å². The number of hydrogen-bond donors (Lipinski definition) is 2. The lowest BCUT2D eigenvalue weighted by Gasteiger charge is -2.47. The first-order valence-corrected chi connectivity index (χ1v) is 11.0. The summed E-state index contributed by atoms with van der Waals surface area (Å²) in [5, 5.41) is 15.2. The van der Waals surface area contributed by atoms with Crippen LogP contribution in [-0.4, -0.2) is 27.3 Å². The number of fused-ring (bicyclic) bond motifs is 1. The fourth-order valence-electron chi connectivity index (χ4n) is 4.23. The van der Waals surface area contributed by atoms with Gasteiger partial charge in [-0.3, -0.25) is 0 Å². The van der Waals surface area contributed by atoms with Crippen molar-refractivity contribution in [2.45, 2.75) is 43.9 Å². The average molecular weight is 429 g/mol. The molecule has 0 fully saturated rings. The maximum Gasteiger partial charge on any atom is 0.206 e. The van der Waals surface area contributed by atoms with E-state index in [1.165, 1.54) is 0 Å². The Labute approximate surface area is 181 Å². The molecule has 0 aromatic heterocycles. The summed E-state index contributed by atoms with van der Waals surface area (Å²) in [5.41, 5.74) is 1.34. The van der Waals surface area contributed by atoms with Crippen LogP contribution in [0.15, 0.2) is 60.1 Å². The van der Waals surface area contributed by atoms with Gasteiger partial charge in [-0.25, -0.2) is 4.99 Å². The third-order valence-electron chi connectivity index (χ3n) is 5.27. The summed E-state index contributed by atoms with van der Waals surface area (Å²) in [7, 11) is 0. The number of ether oxygens (including phenoxy) is 1. The van der Waals surface area contributed by atoms with E-state index in [2.05, 4.69) is 37.9 Å². The monoisotopic (exact) mass is 428 g/mol. The third-order valence-corrected chi connectivity index (χ3v) is 6.40. The van der Waals surface area contributed by atoms with Crippen LogP contribution in [0.1, 0.15) is 43.7 Å². The normalized spacial score (nSPS) is 24.8. The van der Waals surface area contributed by atoms with E-state index >= 15 is 0 Å². The van der Waals surface area contributed by atoms with Crippen molar-refractivity contribution < 1.29 is 9.84 Å². The Morgan fingerprint density at radius 3 is 2.79 bits per heavy atom. The number of phenolic OH excluding ortho intramolecular Hbond substituents is 1.